The Kier molecular flexibility index (Phi) is 4.52. The Balaban J connectivity index is 1.59. The van der Waals surface area contributed by atoms with Crippen molar-refractivity contribution in [3.8, 4) is 17.1 Å². The summed E-state index contributed by atoms with van der Waals surface area (Å²) < 4.78 is 10.6. The molecule has 0 unspecified atom stereocenters. The summed E-state index contributed by atoms with van der Waals surface area (Å²) in [6.07, 6.45) is 2.45. The summed E-state index contributed by atoms with van der Waals surface area (Å²) >= 11 is 0. The molecule has 0 bridgehead atoms. The van der Waals surface area contributed by atoms with Crippen LogP contribution in [0.4, 0.5) is 0 Å². The van der Waals surface area contributed by atoms with Crippen LogP contribution >= 0.6 is 0 Å². The third kappa shape index (κ3) is 3.62. The monoisotopic (exact) mass is 287 g/mol. The normalized spacial score (nSPS) is 18.6. The lowest BCUT2D eigenvalue weighted by Gasteiger charge is -2.23. The van der Waals surface area contributed by atoms with Crippen LogP contribution in [0.5, 0.6) is 5.75 Å². The molecule has 0 saturated carbocycles. The van der Waals surface area contributed by atoms with E-state index in [1.165, 1.54) is 12.8 Å². The average Bonchev–Trinajstić information content (AvgIpc) is 3.03. The predicted molar refractivity (Wildman–Crippen MR) is 81.2 cm³/mol. The molecule has 1 aliphatic heterocycles. The molecule has 0 radical (unpaired) electrons. The largest absolute Gasteiger partial charge is 0.497 e. The summed E-state index contributed by atoms with van der Waals surface area (Å²) in [5, 5.41) is 11.0. The van der Waals surface area contributed by atoms with Crippen molar-refractivity contribution in [2.24, 2.45) is 0 Å². The molecule has 0 amide bonds. The number of aromatic nitrogens is 1. The van der Waals surface area contributed by atoms with Gasteiger partial charge in [0.25, 0.3) is 0 Å². The molecule has 1 aliphatic rings. The van der Waals surface area contributed by atoms with Crippen LogP contribution in [0.2, 0.25) is 0 Å². The molecule has 2 N–H and O–H groups in total. The number of hydrogen-bond acceptors (Lipinski definition) is 5. The molecule has 1 saturated heterocycles. The minimum absolute atomic E-state index is 0.528. The molecule has 112 valence electrons. The van der Waals surface area contributed by atoms with Gasteiger partial charge in [-0.05, 0) is 43.7 Å². The zero-order chi connectivity index (χ0) is 14.5. The number of rotatable bonds is 5. The van der Waals surface area contributed by atoms with Crippen molar-refractivity contribution in [1.29, 1.82) is 0 Å². The van der Waals surface area contributed by atoms with E-state index in [2.05, 4.69) is 15.8 Å². The molecule has 2 heterocycles. The van der Waals surface area contributed by atoms with E-state index in [1.807, 2.05) is 30.3 Å². The van der Waals surface area contributed by atoms with Gasteiger partial charge in [-0.2, -0.15) is 0 Å². The lowest BCUT2D eigenvalue weighted by atomic mass is 10.1. The predicted octanol–water partition coefficient (Wildman–Crippen LogP) is 2.19. The number of benzene rings is 1. The van der Waals surface area contributed by atoms with Crippen LogP contribution in [-0.2, 0) is 6.54 Å². The molecule has 1 fully saturated rings. The number of ether oxygens (including phenoxy) is 1. The summed E-state index contributed by atoms with van der Waals surface area (Å²) in [7, 11) is 1.66. The summed E-state index contributed by atoms with van der Waals surface area (Å²) in [6.45, 7) is 2.90. The van der Waals surface area contributed by atoms with Crippen LogP contribution in [-0.4, -0.2) is 31.4 Å². The molecule has 0 aliphatic carbocycles. The maximum Gasteiger partial charge on any atom is 0.167 e. The van der Waals surface area contributed by atoms with Crippen molar-refractivity contribution >= 4 is 0 Å². The second-order valence-corrected chi connectivity index (χ2v) is 5.34. The third-order valence-electron chi connectivity index (χ3n) is 3.80. The molecule has 21 heavy (non-hydrogen) atoms. The van der Waals surface area contributed by atoms with Gasteiger partial charge < -0.3 is 19.9 Å². The maximum absolute atomic E-state index is 5.42. The lowest BCUT2D eigenvalue weighted by molar-refractivity contribution is 0.376. The van der Waals surface area contributed by atoms with Gasteiger partial charge in [-0.15, -0.1) is 0 Å². The van der Waals surface area contributed by atoms with Crippen LogP contribution in [0, 0.1) is 0 Å². The highest BCUT2D eigenvalue weighted by Gasteiger charge is 2.13. The van der Waals surface area contributed by atoms with Crippen molar-refractivity contribution in [2.75, 3.05) is 20.2 Å². The fourth-order valence-electron chi connectivity index (χ4n) is 2.56. The SMILES string of the molecule is COc1ccc(-c2cc(CN[C@@H]3CCCNC3)no2)cc1. The number of methoxy groups -OCH3 is 1. The first-order chi connectivity index (χ1) is 10.3. The Hall–Kier alpha value is -1.85. The highest BCUT2D eigenvalue weighted by Crippen LogP contribution is 2.23. The van der Waals surface area contributed by atoms with Gasteiger partial charge in [0.1, 0.15) is 5.75 Å². The van der Waals surface area contributed by atoms with E-state index < -0.39 is 0 Å². The van der Waals surface area contributed by atoms with Gasteiger partial charge in [-0.1, -0.05) is 5.16 Å². The fraction of sp³-hybridized carbons (Fsp3) is 0.438. The second-order valence-electron chi connectivity index (χ2n) is 5.34. The first kappa shape index (κ1) is 14.1. The highest BCUT2D eigenvalue weighted by atomic mass is 16.5. The van der Waals surface area contributed by atoms with E-state index in [9.17, 15) is 0 Å². The smallest absolute Gasteiger partial charge is 0.167 e. The van der Waals surface area contributed by atoms with Gasteiger partial charge in [-0.3, -0.25) is 0 Å². The Morgan fingerprint density at radius 1 is 1.38 bits per heavy atom. The quantitative estimate of drug-likeness (QED) is 0.883. The zero-order valence-electron chi connectivity index (χ0n) is 12.3. The van der Waals surface area contributed by atoms with Gasteiger partial charge >= 0.3 is 0 Å². The van der Waals surface area contributed by atoms with Gasteiger partial charge in [0.2, 0.25) is 0 Å². The molecule has 1 aromatic heterocycles. The van der Waals surface area contributed by atoms with Gasteiger partial charge in [0.15, 0.2) is 5.76 Å². The number of piperidine rings is 1. The standard InChI is InChI=1S/C16H21N3O2/c1-20-15-6-4-12(5-7-15)16-9-14(19-21-16)11-18-13-3-2-8-17-10-13/h4-7,9,13,17-18H,2-3,8,10-11H2,1H3/t13-/m1/s1. The summed E-state index contributed by atoms with van der Waals surface area (Å²) in [5.41, 5.74) is 1.94. The first-order valence-corrected chi connectivity index (χ1v) is 7.39. The number of hydrogen-bond donors (Lipinski definition) is 2. The third-order valence-corrected chi connectivity index (χ3v) is 3.80. The van der Waals surface area contributed by atoms with E-state index in [1.54, 1.807) is 7.11 Å². The van der Waals surface area contributed by atoms with Crippen molar-refractivity contribution in [1.82, 2.24) is 15.8 Å². The zero-order valence-corrected chi connectivity index (χ0v) is 12.3. The lowest BCUT2D eigenvalue weighted by Crippen LogP contribution is -2.42. The van der Waals surface area contributed by atoms with Crippen LogP contribution in [0.3, 0.4) is 0 Å². The molecule has 0 spiro atoms. The van der Waals surface area contributed by atoms with Gasteiger partial charge in [0, 0.05) is 30.8 Å². The molecular formula is C16H21N3O2. The molecule has 1 atom stereocenters. The summed E-state index contributed by atoms with van der Waals surface area (Å²) in [4.78, 5) is 0. The van der Waals surface area contributed by atoms with Crippen LogP contribution in [0.25, 0.3) is 11.3 Å². The Bertz CT molecular complexity index is 559. The fourth-order valence-corrected chi connectivity index (χ4v) is 2.56. The van der Waals surface area contributed by atoms with Crippen LogP contribution in [0.15, 0.2) is 34.9 Å². The van der Waals surface area contributed by atoms with E-state index in [0.717, 1.165) is 42.4 Å². The minimum Gasteiger partial charge on any atom is -0.497 e. The van der Waals surface area contributed by atoms with Crippen molar-refractivity contribution in [2.45, 2.75) is 25.4 Å². The molecule has 3 rings (SSSR count). The molecule has 1 aromatic carbocycles. The van der Waals surface area contributed by atoms with Gasteiger partial charge in [-0.25, -0.2) is 0 Å². The Labute approximate surface area is 124 Å². The number of nitrogens with one attached hydrogen (secondary N) is 2. The van der Waals surface area contributed by atoms with E-state index >= 15 is 0 Å². The van der Waals surface area contributed by atoms with Crippen molar-refractivity contribution in [3.05, 3.63) is 36.0 Å². The average molecular weight is 287 g/mol. The molecule has 2 aromatic rings. The molecule has 5 heteroatoms. The Morgan fingerprint density at radius 2 is 2.24 bits per heavy atom. The van der Waals surface area contributed by atoms with E-state index in [4.69, 9.17) is 9.26 Å². The van der Waals surface area contributed by atoms with Gasteiger partial charge in [0.05, 0.1) is 12.8 Å². The topological polar surface area (TPSA) is 59.3 Å². The van der Waals surface area contributed by atoms with E-state index in [0.29, 0.717) is 6.04 Å². The summed E-state index contributed by atoms with van der Waals surface area (Å²) in [6, 6.07) is 10.3. The van der Waals surface area contributed by atoms with Crippen LogP contribution in [0.1, 0.15) is 18.5 Å². The van der Waals surface area contributed by atoms with Crippen LogP contribution < -0.4 is 15.4 Å². The molecular weight excluding hydrogens is 266 g/mol. The second kappa shape index (κ2) is 6.74. The van der Waals surface area contributed by atoms with Crippen molar-refractivity contribution in [3.63, 3.8) is 0 Å². The maximum atomic E-state index is 5.42. The highest BCUT2D eigenvalue weighted by molar-refractivity contribution is 5.58. The molecule has 5 nitrogen and oxygen atoms in total. The van der Waals surface area contributed by atoms with Crippen molar-refractivity contribution < 1.29 is 9.26 Å². The first-order valence-electron chi connectivity index (χ1n) is 7.39. The number of nitrogens with zero attached hydrogens (tertiary/aromatic N) is 1. The Morgan fingerprint density at radius 3 is 2.95 bits per heavy atom. The summed E-state index contributed by atoms with van der Waals surface area (Å²) in [5.74, 6) is 1.63. The van der Waals surface area contributed by atoms with E-state index in [-0.39, 0.29) is 0 Å². The minimum atomic E-state index is 0.528.